The van der Waals surface area contributed by atoms with E-state index in [9.17, 15) is 18.5 Å². The monoisotopic (exact) mass is 315 g/mol. The lowest BCUT2D eigenvalue weighted by atomic mass is 10.3. The standard InChI is InChI=1S/C12H17N3O5S/c1-13-11-7-9(15(16)17)3-4-12(11)21(18,19)14(2)10-5-6-20-8-10/h3-4,7,10,13H,5-6,8H2,1-2H3. The predicted molar refractivity (Wildman–Crippen MR) is 76.8 cm³/mol. The molecule has 0 bridgehead atoms. The quantitative estimate of drug-likeness (QED) is 0.643. The van der Waals surface area contributed by atoms with Crippen LogP contribution >= 0.6 is 0 Å². The summed E-state index contributed by atoms with van der Waals surface area (Å²) < 4.78 is 31.8. The van der Waals surface area contributed by atoms with Crippen LogP contribution in [0.5, 0.6) is 0 Å². The zero-order valence-electron chi connectivity index (χ0n) is 11.8. The molecule has 0 spiro atoms. The van der Waals surface area contributed by atoms with Gasteiger partial charge in [0.25, 0.3) is 5.69 Å². The molecule has 2 rings (SSSR count). The lowest BCUT2D eigenvalue weighted by molar-refractivity contribution is -0.384. The molecule has 8 nitrogen and oxygen atoms in total. The van der Waals surface area contributed by atoms with Crippen LogP contribution in [0.2, 0.25) is 0 Å². The first-order valence-electron chi connectivity index (χ1n) is 6.40. The average Bonchev–Trinajstić information content (AvgIpc) is 2.99. The first kappa shape index (κ1) is 15.7. The molecule has 1 heterocycles. The summed E-state index contributed by atoms with van der Waals surface area (Å²) in [5, 5.41) is 13.5. The molecule has 116 valence electrons. The van der Waals surface area contributed by atoms with Crippen LogP contribution in [0.15, 0.2) is 23.1 Å². The summed E-state index contributed by atoms with van der Waals surface area (Å²) >= 11 is 0. The van der Waals surface area contributed by atoms with E-state index in [1.54, 1.807) is 0 Å². The van der Waals surface area contributed by atoms with Crippen LogP contribution in [0.4, 0.5) is 11.4 Å². The van der Waals surface area contributed by atoms with E-state index >= 15 is 0 Å². The van der Waals surface area contributed by atoms with Gasteiger partial charge in [-0.3, -0.25) is 10.1 Å². The summed E-state index contributed by atoms with van der Waals surface area (Å²) in [5.41, 5.74) is 0.0418. The third-order valence-corrected chi connectivity index (χ3v) is 5.49. The predicted octanol–water partition coefficient (Wildman–Crippen LogP) is 1.05. The van der Waals surface area contributed by atoms with Gasteiger partial charge in [-0.25, -0.2) is 8.42 Å². The number of sulfonamides is 1. The molecule has 1 saturated heterocycles. The molecule has 0 saturated carbocycles. The van der Waals surface area contributed by atoms with Gasteiger partial charge >= 0.3 is 0 Å². The summed E-state index contributed by atoms with van der Waals surface area (Å²) in [4.78, 5) is 10.2. The van der Waals surface area contributed by atoms with E-state index < -0.39 is 14.9 Å². The number of nitrogens with one attached hydrogen (secondary N) is 1. The fourth-order valence-corrected chi connectivity index (χ4v) is 3.76. The number of ether oxygens (including phenoxy) is 1. The molecule has 0 radical (unpaired) electrons. The molecular weight excluding hydrogens is 298 g/mol. The Bertz CT molecular complexity index is 640. The Hall–Kier alpha value is -1.71. The number of nitrogens with zero attached hydrogens (tertiary/aromatic N) is 2. The number of rotatable bonds is 5. The fraction of sp³-hybridized carbons (Fsp3) is 0.500. The van der Waals surface area contributed by atoms with Crippen molar-refractivity contribution in [3.63, 3.8) is 0 Å². The van der Waals surface area contributed by atoms with Gasteiger partial charge in [0.05, 0.1) is 23.3 Å². The van der Waals surface area contributed by atoms with Crippen LogP contribution in [0, 0.1) is 10.1 Å². The van der Waals surface area contributed by atoms with Crippen LogP contribution in [0.3, 0.4) is 0 Å². The van der Waals surface area contributed by atoms with E-state index in [0.29, 0.717) is 19.6 Å². The fourth-order valence-electron chi connectivity index (χ4n) is 2.21. The Balaban J connectivity index is 2.41. The SMILES string of the molecule is CNc1cc([N+](=O)[O-])ccc1S(=O)(=O)N(C)C1CCOC1. The van der Waals surface area contributed by atoms with Crippen molar-refractivity contribution < 1.29 is 18.1 Å². The first-order valence-corrected chi connectivity index (χ1v) is 7.84. The molecule has 1 aliphatic heterocycles. The summed E-state index contributed by atoms with van der Waals surface area (Å²) in [6.07, 6.45) is 0.637. The van der Waals surface area contributed by atoms with Crippen molar-refractivity contribution >= 4 is 21.4 Å². The van der Waals surface area contributed by atoms with Crippen molar-refractivity contribution in [3.8, 4) is 0 Å². The van der Waals surface area contributed by atoms with E-state index in [-0.39, 0.29) is 22.3 Å². The topological polar surface area (TPSA) is 102 Å². The van der Waals surface area contributed by atoms with Crippen LogP contribution in [0.1, 0.15) is 6.42 Å². The molecule has 0 aliphatic carbocycles. The molecule has 1 atom stereocenters. The van der Waals surface area contributed by atoms with Crippen LogP contribution in [-0.4, -0.2) is 51.0 Å². The highest BCUT2D eigenvalue weighted by Gasteiger charge is 2.32. The Labute approximate surface area is 122 Å². The number of anilines is 1. The van der Waals surface area contributed by atoms with Crippen molar-refractivity contribution in [2.75, 3.05) is 32.6 Å². The highest BCUT2D eigenvalue weighted by Crippen LogP contribution is 2.29. The smallest absolute Gasteiger partial charge is 0.271 e. The summed E-state index contributed by atoms with van der Waals surface area (Å²) in [6, 6.07) is 3.44. The highest BCUT2D eigenvalue weighted by molar-refractivity contribution is 7.89. The maximum atomic E-state index is 12.6. The van der Waals surface area contributed by atoms with E-state index in [2.05, 4.69) is 5.32 Å². The van der Waals surface area contributed by atoms with Crippen LogP contribution < -0.4 is 5.32 Å². The Kier molecular flexibility index (Phi) is 4.45. The number of hydrogen-bond donors (Lipinski definition) is 1. The van der Waals surface area contributed by atoms with Crippen molar-refractivity contribution in [1.29, 1.82) is 0 Å². The van der Waals surface area contributed by atoms with Gasteiger partial charge in [0.2, 0.25) is 10.0 Å². The summed E-state index contributed by atoms with van der Waals surface area (Å²) in [7, 11) is -0.719. The van der Waals surface area contributed by atoms with Gasteiger partial charge in [0.1, 0.15) is 4.90 Å². The number of nitro groups is 1. The largest absolute Gasteiger partial charge is 0.387 e. The lowest BCUT2D eigenvalue weighted by Crippen LogP contribution is -2.37. The Morgan fingerprint density at radius 3 is 2.71 bits per heavy atom. The normalized spacial score (nSPS) is 18.9. The van der Waals surface area contributed by atoms with Crippen molar-refractivity contribution in [2.24, 2.45) is 0 Å². The van der Waals surface area contributed by atoms with Gasteiger partial charge in [-0.15, -0.1) is 0 Å². The minimum Gasteiger partial charge on any atom is -0.387 e. The van der Waals surface area contributed by atoms with E-state index in [1.807, 2.05) is 0 Å². The van der Waals surface area contributed by atoms with Gasteiger partial charge in [0.15, 0.2) is 0 Å². The molecule has 1 unspecified atom stereocenters. The molecule has 1 aromatic carbocycles. The minimum absolute atomic E-state index is 0.0185. The summed E-state index contributed by atoms with van der Waals surface area (Å²) in [6.45, 7) is 0.890. The van der Waals surface area contributed by atoms with Crippen LogP contribution in [0.25, 0.3) is 0 Å². The number of non-ortho nitro benzene ring substituents is 1. The third-order valence-electron chi connectivity index (χ3n) is 3.52. The molecule has 9 heteroatoms. The van der Waals surface area contributed by atoms with Crippen molar-refractivity contribution in [2.45, 2.75) is 17.4 Å². The zero-order valence-corrected chi connectivity index (χ0v) is 12.6. The average molecular weight is 315 g/mol. The van der Waals surface area contributed by atoms with Gasteiger partial charge in [-0.05, 0) is 12.5 Å². The Morgan fingerprint density at radius 1 is 1.48 bits per heavy atom. The molecule has 0 aromatic heterocycles. The number of likely N-dealkylation sites (N-methyl/N-ethyl adjacent to an activating group) is 1. The van der Waals surface area contributed by atoms with Crippen LogP contribution in [-0.2, 0) is 14.8 Å². The second kappa shape index (κ2) is 5.96. The number of hydrogen-bond acceptors (Lipinski definition) is 6. The van der Waals surface area contributed by atoms with Gasteiger partial charge in [-0.2, -0.15) is 4.31 Å². The van der Waals surface area contributed by atoms with Gasteiger partial charge in [-0.1, -0.05) is 0 Å². The molecule has 1 aliphatic rings. The molecular formula is C12H17N3O5S. The van der Waals surface area contributed by atoms with E-state index in [0.717, 1.165) is 0 Å². The minimum atomic E-state index is -3.74. The Morgan fingerprint density at radius 2 is 2.19 bits per heavy atom. The molecule has 1 fully saturated rings. The summed E-state index contributed by atoms with van der Waals surface area (Å²) in [5.74, 6) is 0. The maximum absolute atomic E-state index is 12.6. The third kappa shape index (κ3) is 2.99. The van der Waals surface area contributed by atoms with Gasteiger partial charge in [0, 0.05) is 32.8 Å². The van der Waals surface area contributed by atoms with Crippen molar-refractivity contribution in [3.05, 3.63) is 28.3 Å². The van der Waals surface area contributed by atoms with E-state index in [4.69, 9.17) is 4.74 Å². The second-order valence-electron chi connectivity index (χ2n) is 4.73. The molecule has 0 amide bonds. The second-order valence-corrected chi connectivity index (χ2v) is 6.69. The molecule has 21 heavy (non-hydrogen) atoms. The molecule has 1 N–H and O–H groups in total. The number of nitro benzene ring substituents is 1. The van der Waals surface area contributed by atoms with E-state index in [1.165, 1.54) is 36.6 Å². The van der Waals surface area contributed by atoms with Crippen molar-refractivity contribution in [1.82, 2.24) is 4.31 Å². The zero-order chi connectivity index (χ0) is 15.6. The molecule has 1 aromatic rings. The number of benzene rings is 1. The maximum Gasteiger partial charge on any atom is 0.271 e. The first-order chi connectivity index (χ1) is 9.87. The highest BCUT2D eigenvalue weighted by atomic mass is 32.2. The lowest BCUT2D eigenvalue weighted by Gasteiger charge is -2.23. The van der Waals surface area contributed by atoms with Gasteiger partial charge < -0.3 is 10.1 Å².